The summed E-state index contributed by atoms with van der Waals surface area (Å²) in [6.07, 6.45) is 2.53. The fourth-order valence-electron chi connectivity index (χ4n) is 2.77. The van der Waals surface area contributed by atoms with Gasteiger partial charge in [0.05, 0.1) is 12.2 Å². The average Bonchev–Trinajstić information content (AvgIpc) is 3.10. The molecule has 0 bridgehead atoms. The molecule has 0 saturated heterocycles. The van der Waals surface area contributed by atoms with Crippen LogP contribution in [0.15, 0.2) is 33.8 Å². The minimum atomic E-state index is -0.125. The summed E-state index contributed by atoms with van der Waals surface area (Å²) in [7, 11) is 1.67. The van der Waals surface area contributed by atoms with Crippen molar-refractivity contribution in [2.24, 2.45) is 4.99 Å². The highest BCUT2D eigenvalue weighted by atomic mass is 127. The molecule has 2 rings (SSSR count). The number of benzene rings is 1. The summed E-state index contributed by atoms with van der Waals surface area (Å²) in [5, 5.41) is 13.2. The van der Waals surface area contributed by atoms with Gasteiger partial charge in [0.1, 0.15) is 5.76 Å². The van der Waals surface area contributed by atoms with Crippen molar-refractivity contribution in [3.05, 3.63) is 46.8 Å². The number of nitrogens with one attached hydrogen (secondary N) is 3. The van der Waals surface area contributed by atoms with Crippen molar-refractivity contribution >= 4 is 41.5 Å². The van der Waals surface area contributed by atoms with Crippen LogP contribution in [0.3, 0.4) is 0 Å². The molecule has 0 fully saturated rings. The van der Waals surface area contributed by atoms with Gasteiger partial charge in [-0.3, -0.25) is 9.79 Å². The van der Waals surface area contributed by atoms with E-state index in [0.717, 1.165) is 42.0 Å². The Morgan fingerprint density at radius 1 is 1.14 bits per heavy atom. The van der Waals surface area contributed by atoms with Crippen LogP contribution in [0.5, 0.6) is 0 Å². The lowest BCUT2D eigenvalue weighted by Crippen LogP contribution is -2.41. The van der Waals surface area contributed by atoms with Crippen LogP contribution in [0.25, 0.3) is 0 Å². The lowest BCUT2D eigenvalue weighted by Gasteiger charge is -2.12. The van der Waals surface area contributed by atoms with E-state index in [1.807, 2.05) is 38.1 Å². The third-order valence-electron chi connectivity index (χ3n) is 4.30. The minimum absolute atomic E-state index is 0. The first kappa shape index (κ1) is 23.9. The summed E-state index contributed by atoms with van der Waals surface area (Å²) in [4.78, 5) is 16.4. The Hall–Kier alpha value is -2.10. The number of aliphatic imine (C=N–C) groups is 1. The van der Waals surface area contributed by atoms with Crippen molar-refractivity contribution < 1.29 is 9.32 Å². The molecule has 8 heteroatoms. The van der Waals surface area contributed by atoms with Crippen molar-refractivity contribution in [3.8, 4) is 0 Å². The van der Waals surface area contributed by atoms with Gasteiger partial charge < -0.3 is 20.5 Å². The summed E-state index contributed by atoms with van der Waals surface area (Å²) >= 11 is 0. The highest BCUT2D eigenvalue weighted by Gasteiger charge is 2.14. The summed E-state index contributed by atoms with van der Waals surface area (Å²) in [5.74, 6) is 1.31. The Kier molecular flexibility index (Phi) is 10.6. The number of rotatable bonds is 8. The van der Waals surface area contributed by atoms with Gasteiger partial charge >= 0.3 is 0 Å². The molecule has 0 atom stereocenters. The van der Waals surface area contributed by atoms with E-state index >= 15 is 0 Å². The van der Waals surface area contributed by atoms with E-state index in [9.17, 15) is 4.79 Å². The SMILES string of the molecule is CCc1cccc(NC(=O)CNC(=NC)NCc2c(CC)noc2CC)c1.I. The van der Waals surface area contributed by atoms with Crippen LogP contribution in [-0.2, 0) is 30.6 Å². The summed E-state index contributed by atoms with van der Waals surface area (Å²) in [5.41, 5.74) is 3.99. The number of hydrogen-bond acceptors (Lipinski definition) is 4. The molecule has 0 radical (unpaired) electrons. The van der Waals surface area contributed by atoms with E-state index < -0.39 is 0 Å². The molecule has 3 N–H and O–H groups in total. The summed E-state index contributed by atoms with van der Waals surface area (Å²) in [6.45, 7) is 6.85. The van der Waals surface area contributed by atoms with Gasteiger partial charge in [0.15, 0.2) is 5.96 Å². The predicted octanol–water partition coefficient (Wildman–Crippen LogP) is 3.28. The van der Waals surface area contributed by atoms with Crippen molar-refractivity contribution in [3.63, 3.8) is 0 Å². The molecule has 1 aromatic heterocycles. The van der Waals surface area contributed by atoms with Gasteiger partial charge in [-0.25, -0.2) is 0 Å². The lowest BCUT2D eigenvalue weighted by molar-refractivity contribution is -0.115. The van der Waals surface area contributed by atoms with Crippen molar-refractivity contribution in [2.45, 2.75) is 46.6 Å². The zero-order valence-electron chi connectivity index (χ0n) is 17.0. The largest absolute Gasteiger partial charge is 0.361 e. The highest BCUT2D eigenvalue weighted by Crippen LogP contribution is 2.15. The number of aromatic nitrogens is 1. The molecule has 0 aliphatic carbocycles. The first-order valence-corrected chi connectivity index (χ1v) is 9.40. The second kappa shape index (κ2) is 12.4. The van der Waals surface area contributed by atoms with Crippen LogP contribution in [-0.4, -0.2) is 30.6 Å². The van der Waals surface area contributed by atoms with Gasteiger partial charge in [-0.2, -0.15) is 0 Å². The topological polar surface area (TPSA) is 91.5 Å². The van der Waals surface area contributed by atoms with Crippen LogP contribution in [0.1, 0.15) is 43.4 Å². The van der Waals surface area contributed by atoms with Crippen LogP contribution in [0.2, 0.25) is 0 Å². The van der Waals surface area contributed by atoms with Gasteiger partial charge in [-0.05, 0) is 30.5 Å². The van der Waals surface area contributed by atoms with Gasteiger partial charge in [-0.1, -0.05) is 38.1 Å². The standard InChI is InChI=1S/C20H29N5O2.HI/c1-5-14-9-8-10-15(11-14)24-19(26)13-23-20(21-4)22-12-16-17(6-2)25-27-18(16)7-3;/h8-11H,5-7,12-13H2,1-4H3,(H,24,26)(H2,21,22,23);1H. The summed E-state index contributed by atoms with van der Waals surface area (Å²) in [6, 6.07) is 7.85. The van der Waals surface area contributed by atoms with Gasteiger partial charge in [-0.15, -0.1) is 24.0 Å². The Morgan fingerprint density at radius 2 is 1.93 bits per heavy atom. The molecule has 0 saturated carbocycles. The number of halogens is 1. The number of aryl methyl sites for hydroxylation is 3. The second-order valence-corrected chi connectivity index (χ2v) is 6.12. The maximum Gasteiger partial charge on any atom is 0.243 e. The fraction of sp³-hybridized carbons (Fsp3) is 0.450. The van der Waals surface area contributed by atoms with Gasteiger partial charge in [0.2, 0.25) is 5.91 Å². The molecule has 154 valence electrons. The lowest BCUT2D eigenvalue weighted by atomic mass is 10.1. The van der Waals surface area contributed by atoms with Crippen LogP contribution < -0.4 is 16.0 Å². The number of carbonyl (C=O) groups excluding carboxylic acids is 1. The first-order valence-electron chi connectivity index (χ1n) is 9.40. The van der Waals surface area contributed by atoms with Crippen molar-refractivity contribution in [1.29, 1.82) is 0 Å². The van der Waals surface area contributed by atoms with E-state index in [1.165, 1.54) is 5.56 Å². The Balaban J connectivity index is 0.00000392. The number of amides is 1. The number of nitrogens with zero attached hydrogens (tertiary/aromatic N) is 2. The molecule has 1 amide bonds. The van der Waals surface area contributed by atoms with Gasteiger partial charge in [0.25, 0.3) is 0 Å². The number of carbonyl (C=O) groups is 1. The Bertz CT molecular complexity index is 767. The Labute approximate surface area is 183 Å². The second-order valence-electron chi connectivity index (χ2n) is 6.12. The predicted molar refractivity (Wildman–Crippen MR) is 123 cm³/mol. The third kappa shape index (κ3) is 6.81. The molecule has 0 aliphatic heterocycles. The maximum atomic E-state index is 12.2. The average molecular weight is 499 g/mol. The van der Waals surface area contributed by atoms with E-state index in [1.54, 1.807) is 7.05 Å². The molecule has 2 aromatic rings. The van der Waals surface area contributed by atoms with Crippen LogP contribution >= 0.6 is 24.0 Å². The van der Waals surface area contributed by atoms with E-state index in [0.29, 0.717) is 12.5 Å². The van der Waals surface area contributed by atoms with E-state index in [-0.39, 0.29) is 36.4 Å². The highest BCUT2D eigenvalue weighted by molar-refractivity contribution is 14.0. The zero-order chi connectivity index (χ0) is 19.6. The normalized spacial score (nSPS) is 10.9. The van der Waals surface area contributed by atoms with Crippen molar-refractivity contribution in [1.82, 2.24) is 15.8 Å². The molecule has 0 spiro atoms. The first-order chi connectivity index (χ1) is 13.1. The monoisotopic (exact) mass is 499 g/mol. The maximum absolute atomic E-state index is 12.2. The molecule has 0 unspecified atom stereocenters. The molecule has 28 heavy (non-hydrogen) atoms. The van der Waals surface area contributed by atoms with Gasteiger partial charge in [0, 0.05) is 31.3 Å². The van der Waals surface area contributed by atoms with Crippen LogP contribution in [0, 0.1) is 0 Å². The van der Waals surface area contributed by atoms with E-state index in [2.05, 4.69) is 33.0 Å². The molecular weight excluding hydrogens is 469 g/mol. The van der Waals surface area contributed by atoms with Crippen molar-refractivity contribution in [2.75, 3.05) is 18.9 Å². The quantitative estimate of drug-likeness (QED) is 0.295. The molecule has 7 nitrogen and oxygen atoms in total. The smallest absolute Gasteiger partial charge is 0.243 e. The zero-order valence-corrected chi connectivity index (χ0v) is 19.3. The number of hydrogen-bond donors (Lipinski definition) is 3. The van der Waals surface area contributed by atoms with E-state index in [4.69, 9.17) is 4.52 Å². The minimum Gasteiger partial charge on any atom is -0.361 e. The number of anilines is 1. The third-order valence-corrected chi connectivity index (χ3v) is 4.30. The molecular formula is C20H30IN5O2. The fourth-order valence-corrected chi connectivity index (χ4v) is 2.77. The summed E-state index contributed by atoms with van der Waals surface area (Å²) < 4.78 is 5.37. The molecule has 1 heterocycles. The Morgan fingerprint density at radius 3 is 2.57 bits per heavy atom. The number of guanidine groups is 1. The van der Waals surface area contributed by atoms with Crippen LogP contribution in [0.4, 0.5) is 5.69 Å². The molecule has 1 aromatic carbocycles. The molecule has 0 aliphatic rings.